The third-order valence-corrected chi connectivity index (χ3v) is 4.69. The van der Waals surface area contributed by atoms with Gasteiger partial charge < -0.3 is 10.2 Å². The lowest BCUT2D eigenvalue weighted by Gasteiger charge is -2.36. The van der Waals surface area contributed by atoms with Crippen LogP contribution in [0.4, 0.5) is 0 Å². The summed E-state index contributed by atoms with van der Waals surface area (Å²) >= 11 is 0. The number of benzene rings is 1. The molecule has 2 atom stereocenters. The van der Waals surface area contributed by atoms with Crippen molar-refractivity contribution in [2.75, 3.05) is 26.7 Å². The fourth-order valence-electron chi connectivity index (χ4n) is 3.30. The van der Waals surface area contributed by atoms with E-state index in [9.17, 15) is 0 Å². The third kappa shape index (κ3) is 4.60. The van der Waals surface area contributed by atoms with Crippen molar-refractivity contribution >= 4 is 0 Å². The van der Waals surface area contributed by atoms with E-state index in [1.54, 1.807) is 0 Å². The minimum atomic E-state index is 0.670. The minimum absolute atomic E-state index is 0.670. The Morgan fingerprint density at radius 3 is 2.80 bits per heavy atom. The van der Waals surface area contributed by atoms with Gasteiger partial charge in [-0.25, -0.2) is 0 Å². The number of nitrogens with one attached hydrogen (secondary N) is 1. The van der Waals surface area contributed by atoms with Crippen LogP contribution in [-0.2, 0) is 0 Å². The van der Waals surface area contributed by atoms with Crippen LogP contribution >= 0.6 is 0 Å². The lowest BCUT2D eigenvalue weighted by molar-refractivity contribution is 0.136. The molecule has 0 radical (unpaired) electrons. The predicted octanol–water partition coefficient (Wildman–Crippen LogP) is 3.64. The summed E-state index contributed by atoms with van der Waals surface area (Å²) in [6, 6.07) is 11.7. The molecule has 0 aliphatic carbocycles. The van der Waals surface area contributed by atoms with E-state index in [0.29, 0.717) is 5.92 Å². The van der Waals surface area contributed by atoms with Crippen LogP contribution in [0.1, 0.15) is 50.5 Å². The van der Waals surface area contributed by atoms with Crippen LogP contribution in [0.3, 0.4) is 0 Å². The van der Waals surface area contributed by atoms with Gasteiger partial charge in [0.15, 0.2) is 0 Å². The molecule has 2 unspecified atom stereocenters. The van der Waals surface area contributed by atoms with Gasteiger partial charge in [0.25, 0.3) is 0 Å². The molecule has 0 bridgehead atoms. The van der Waals surface area contributed by atoms with Crippen LogP contribution < -0.4 is 5.32 Å². The molecule has 1 aliphatic rings. The molecule has 1 aromatic carbocycles. The molecule has 1 N–H and O–H groups in total. The zero-order chi connectivity index (χ0) is 14.2. The van der Waals surface area contributed by atoms with Gasteiger partial charge in [-0.05, 0) is 63.8 Å². The number of hydrogen-bond acceptors (Lipinski definition) is 2. The largest absolute Gasteiger partial charge is 0.320 e. The molecule has 2 nitrogen and oxygen atoms in total. The van der Waals surface area contributed by atoms with Gasteiger partial charge in [0.2, 0.25) is 0 Å². The van der Waals surface area contributed by atoms with E-state index in [2.05, 4.69) is 54.5 Å². The zero-order valence-corrected chi connectivity index (χ0v) is 13.1. The molecule has 1 heterocycles. The van der Waals surface area contributed by atoms with Crippen LogP contribution in [0.2, 0.25) is 0 Å². The van der Waals surface area contributed by atoms with Crippen molar-refractivity contribution in [1.29, 1.82) is 0 Å². The van der Waals surface area contributed by atoms with E-state index in [4.69, 9.17) is 0 Å². The van der Waals surface area contributed by atoms with E-state index in [1.807, 2.05) is 0 Å². The molecule has 1 aromatic rings. The number of piperidine rings is 1. The van der Waals surface area contributed by atoms with Crippen molar-refractivity contribution in [2.45, 2.75) is 51.0 Å². The first-order valence-corrected chi connectivity index (χ1v) is 8.25. The van der Waals surface area contributed by atoms with Crippen molar-refractivity contribution in [2.24, 2.45) is 0 Å². The van der Waals surface area contributed by atoms with Crippen LogP contribution in [0.15, 0.2) is 30.3 Å². The van der Waals surface area contributed by atoms with Crippen LogP contribution in [0, 0.1) is 0 Å². The topological polar surface area (TPSA) is 15.3 Å². The normalized spacial score (nSPS) is 21.8. The van der Waals surface area contributed by atoms with Crippen molar-refractivity contribution in [1.82, 2.24) is 10.2 Å². The molecule has 112 valence electrons. The van der Waals surface area contributed by atoms with Crippen LogP contribution in [-0.4, -0.2) is 37.6 Å². The average Bonchev–Trinajstić information content (AvgIpc) is 2.52. The molecule has 1 fully saturated rings. The highest BCUT2D eigenvalue weighted by Crippen LogP contribution is 2.23. The van der Waals surface area contributed by atoms with E-state index in [1.165, 1.54) is 50.8 Å². The van der Waals surface area contributed by atoms with Crippen LogP contribution in [0.5, 0.6) is 0 Å². The highest BCUT2D eigenvalue weighted by Gasteiger charge is 2.22. The maximum Gasteiger partial charge on any atom is 0.0107 e. The van der Waals surface area contributed by atoms with Crippen LogP contribution in [0.25, 0.3) is 0 Å². The highest BCUT2D eigenvalue weighted by atomic mass is 15.2. The SMILES string of the molecule is CNCCC1CCCCN1CCC(C)c1ccccc1. The number of rotatable bonds is 7. The quantitative estimate of drug-likeness (QED) is 0.816. The first kappa shape index (κ1) is 15.5. The summed E-state index contributed by atoms with van der Waals surface area (Å²) in [5, 5.41) is 3.30. The third-order valence-electron chi connectivity index (χ3n) is 4.69. The summed E-state index contributed by atoms with van der Waals surface area (Å²) in [6.45, 7) is 6.07. The lowest BCUT2D eigenvalue weighted by Crippen LogP contribution is -2.41. The Bertz CT molecular complexity index is 363. The molecule has 0 saturated carbocycles. The fourth-order valence-corrected chi connectivity index (χ4v) is 3.30. The minimum Gasteiger partial charge on any atom is -0.320 e. The van der Waals surface area contributed by atoms with Crippen molar-refractivity contribution in [3.63, 3.8) is 0 Å². The van der Waals surface area contributed by atoms with Gasteiger partial charge >= 0.3 is 0 Å². The summed E-state index contributed by atoms with van der Waals surface area (Å²) in [5.41, 5.74) is 1.48. The summed E-state index contributed by atoms with van der Waals surface area (Å²) in [4.78, 5) is 2.74. The predicted molar refractivity (Wildman–Crippen MR) is 87.2 cm³/mol. The molecule has 20 heavy (non-hydrogen) atoms. The van der Waals surface area contributed by atoms with E-state index in [0.717, 1.165) is 12.6 Å². The van der Waals surface area contributed by atoms with Gasteiger partial charge in [-0.3, -0.25) is 0 Å². The molecule has 1 aliphatic heterocycles. The Balaban J connectivity index is 1.81. The number of nitrogens with zero attached hydrogens (tertiary/aromatic N) is 1. The molecule has 0 spiro atoms. The molecular formula is C18H30N2. The molecule has 2 heteroatoms. The molecule has 0 amide bonds. The van der Waals surface area contributed by atoms with Gasteiger partial charge in [-0.15, -0.1) is 0 Å². The molecule has 2 rings (SSSR count). The number of likely N-dealkylation sites (tertiary alicyclic amines) is 1. The first-order chi connectivity index (χ1) is 9.81. The number of hydrogen-bond donors (Lipinski definition) is 1. The van der Waals surface area contributed by atoms with Crippen molar-refractivity contribution in [3.8, 4) is 0 Å². The smallest absolute Gasteiger partial charge is 0.0107 e. The van der Waals surface area contributed by atoms with Gasteiger partial charge in [-0.2, -0.15) is 0 Å². The Hall–Kier alpha value is -0.860. The second kappa shape index (κ2) is 8.43. The van der Waals surface area contributed by atoms with E-state index < -0.39 is 0 Å². The molecule has 0 aromatic heterocycles. The van der Waals surface area contributed by atoms with Gasteiger partial charge in [-0.1, -0.05) is 43.7 Å². The second-order valence-corrected chi connectivity index (χ2v) is 6.18. The Kier molecular flexibility index (Phi) is 6.55. The highest BCUT2D eigenvalue weighted by molar-refractivity contribution is 5.18. The molecule has 1 saturated heterocycles. The standard InChI is InChI=1S/C18H30N2/c1-16(17-8-4-3-5-9-17)12-15-20-14-7-6-10-18(20)11-13-19-2/h3-5,8-9,16,18-19H,6-7,10-15H2,1-2H3. The summed E-state index contributed by atoms with van der Waals surface area (Å²) in [6.07, 6.45) is 6.77. The first-order valence-electron chi connectivity index (χ1n) is 8.25. The Morgan fingerprint density at radius 2 is 2.05 bits per heavy atom. The van der Waals surface area contributed by atoms with Gasteiger partial charge in [0.1, 0.15) is 0 Å². The zero-order valence-electron chi connectivity index (χ0n) is 13.1. The van der Waals surface area contributed by atoms with E-state index >= 15 is 0 Å². The Labute approximate surface area is 124 Å². The van der Waals surface area contributed by atoms with Gasteiger partial charge in [0, 0.05) is 6.04 Å². The lowest BCUT2D eigenvalue weighted by atomic mass is 9.95. The second-order valence-electron chi connectivity index (χ2n) is 6.18. The van der Waals surface area contributed by atoms with E-state index in [-0.39, 0.29) is 0 Å². The van der Waals surface area contributed by atoms with Crippen molar-refractivity contribution in [3.05, 3.63) is 35.9 Å². The Morgan fingerprint density at radius 1 is 1.25 bits per heavy atom. The maximum absolute atomic E-state index is 3.30. The maximum atomic E-state index is 3.30. The average molecular weight is 274 g/mol. The fraction of sp³-hybridized carbons (Fsp3) is 0.667. The summed E-state index contributed by atoms with van der Waals surface area (Å²) in [5.74, 6) is 0.670. The summed E-state index contributed by atoms with van der Waals surface area (Å²) in [7, 11) is 2.06. The monoisotopic (exact) mass is 274 g/mol. The van der Waals surface area contributed by atoms with Gasteiger partial charge in [0.05, 0.1) is 0 Å². The van der Waals surface area contributed by atoms with Crippen molar-refractivity contribution < 1.29 is 0 Å². The molecular weight excluding hydrogens is 244 g/mol. The summed E-state index contributed by atoms with van der Waals surface area (Å²) < 4.78 is 0.